The van der Waals surface area contributed by atoms with Crippen LogP contribution in [-0.2, 0) is 0 Å². The minimum absolute atomic E-state index is 0.0221. The van der Waals surface area contributed by atoms with Gasteiger partial charge in [0.05, 0.1) is 12.7 Å². The first kappa shape index (κ1) is 12.7. The number of rotatable bonds is 2. The van der Waals surface area contributed by atoms with E-state index in [-0.39, 0.29) is 17.7 Å². The van der Waals surface area contributed by atoms with Gasteiger partial charge in [0.25, 0.3) is 5.91 Å². The van der Waals surface area contributed by atoms with Crippen LogP contribution in [0.4, 0.5) is 0 Å². The molecule has 18 heavy (non-hydrogen) atoms. The number of aromatic hydroxyl groups is 1. The van der Waals surface area contributed by atoms with Crippen LogP contribution in [0, 0.1) is 5.92 Å². The number of benzene rings is 1. The predicted octanol–water partition coefficient (Wildman–Crippen LogP) is 2.27. The summed E-state index contributed by atoms with van der Waals surface area (Å²) in [5.41, 5.74) is 0.344. The molecule has 98 valence electrons. The summed E-state index contributed by atoms with van der Waals surface area (Å²) in [6.45, 7) is 4.94. The van der Waals surface area contributed by atoms with Gasteiger partial charge in [0, 0.05) is 18.7 Å². The van der Waals surface area contributed by atoms with E-state index in [2.05, 4.69) is 6.92 Å². The molecule has 0 bridgehead atoms. The van der Waals surface area contributed by atoms with Crippen LogP contribution in [0.5, 0.6) is 11.5 Å². The Hall–Kier alpha value is -1.71. The molecule has 2 rings (SSSR count). The zero-order valence-corrected chi connectivity index (χ0v) is 11.0. The highest BCUT2D eigenvalue weighted by molar-refractivity contribution is 5.97. The number of hydrogen-bond acceptors (Lipinski definition) is 3. The first-order valence-electron chi connectivity index (χ1n) is 6.21. The highest BCUT2D eigenvalue weighted by atomic mass is 16.5. The van der Waals surface area contributed by atoms with Gasteiger partial charge in [-0.3, -0.25) is 4.79 Å². The van der Waals surface area contributed by atoms with E-state index in [9.17, 15) is 9.90 Å². The van der Waals surface area contributed by atoms with Gasteiger partial charge in [-0.05, 0) is 31.4 Å². The van der Waals surface area contributed by atoms with E-state index in [0.29, 0.717) is 17.2 Å². The first-order valence-corrected chi connectivity index (χ1v) is 6.21. The number of carbonyl (C=O) groups is 1. The number of methoxy groups -OCH3 is 1. The monoisotopic (exact) mass is 249 g/mol. The molecule has 0 saturated carbocycles. The number of ether oxygens (including phenoxy) is 1. The standard InChI is InChI=1S/C14H19NO3/c1-9-6-10(2)15(8-9)14(17)12-5-4-11(18-3)7-13(12)16/h4-5,7,9-10,16H,6,8H2,1-3H3. The number of carbonyl (C=O) groups excluding carboxylic acids is 1. The molecule has 0 aromatic heterocycles. The quantitative estimate of drug-likeness (QED) is 0.874. The van der Waals surface area contributed by atoms with Gasteiger partial charge in [0.1, 0.15) is 11.5 Å². The molecule has 2 unspecified atom stereocenters. The van der Waals surface area contributed by atoms with Crippen LogP contribution in [0.15, 0.2) is 18.2 Å². The van der Waals surface area contributed by atoms with Gasteiger partial charge < -0.3 is 14.7 Å². The second-order valence-electron chi connectivity index (χ2n) is 5.03. The van der Waals surface area contributed by atoms with Crippen molar-refractivity contribution in [1.82, 2.24) is 4.90 Å². The molecule has 1 aromatic rings. The van der Waals surface area contributed by atoms with Crippen molar-refractivity contribution in [3.63, 3.8) is 0 Å². The van der Waals surface area contributed by atoms with Crippen molar-refractivity contribution in [3.05, 3.63) is 23.8 Å². The summed E-state index contributed by atoms with van der Waals surface area (Å²) in [5.74, 6) is 0.939. The van der Waals surface area contributed by atoms with Gasteiger partial charge in [-0.25, -0.2) is 0 Å². The van der Waals surface area contributed by atoms with Crippen LogP contribution in [0.25, 0.3) is 0 Å². The second kappa shape index (κ2) is 4.88. The van der Waals surface area contributed by atoms with Gasteiger partial charge in [0.2, 0.25) is 0 Å². The molecule has 1 fully saturated rings. The molecule has 1 saturated heterocycles. The summed E-state index contributed by atoms with van der Waals surface area (Å²) >= 11 is 0. The van der Waals surface area contributed by atoms with Crippen molar-refractivity contribution in [2.24, 2.45) is 5.92 Å². The zero-order valence-electron chi connectivity index (χ0n) is 11.0. The van der Waals surface area contributed by atoms with Crippen LogP contribution < -0.4 is 4.74 Å². The maximum absolute atomic E-state index is 12.3. The van der Waals surface area contributed by atoms with Crippen molar-refractivity contribution in [3.8, 4) is 11.5 Å². The Labute approximate surface area is 107 Å². The Morgan fingerprint density at radius 2 is 2.17 bits per heavy atom. The number of amides is 1. The van der Waals surface area contributed by atoms with E-state index < -0.39 is 0 Å². The zero-order chi connectivity index (χ0) is 13.3. The fourth-order valence-electron chi connectivity index (χ4n) is 2.56. The minimum atomic E-state index is -0.105. The molecule has 2 atom stereocenters. The van der Waals surface area contributed by atoms with Gasteiger partial charge in [-0.15, -0.1) is 0 Å². The van der Waals surface area contributed by atoms with E-state index in [1.807, 2.05) is 11.8 Å². The van der Waals surface area contributed by atoms with Crippen molar-refractivity contribution in [2.75, 3.05) is 13.7 Å². The third kappa shape index (κ3) is 2.28. The molecular weight excluding hydrogens is 230 g/mol. The molecule has 1 aliphatic heterocycles. The normalized spacial score (nSPS) is 23.2. The number of phenolic OH excluding ortho intramolecular Hbond substituents is 1. The SMILES string of the molecule is COc1ccc(C(=O)N2CC(C)CC2C)c(O)c1. The van der Waals surface area contributed by atoms with Crippen LogP contribution in [-0.4, -0.2) is 35.6 Å². The second-order valence-corrected chi connectivity index (χ2v) is 5.03. The Bertz CT molecular complexity index is 458. The third-order valence-corrected chi connectivity index (χ3v) is 3.48. The molecule has 1 heterocycles. The van der Waals surface area contributed by atoms with E-state index in [4.69, 9.17) is 4.74 Å². The smallest absolute Gasteiger partial charge is 0.257 e. The van der Waals surface area contributed by atoms with E-state index in [1.54, 1.807) is 12.1 Å². The van der Waals surface area contributed by atoms with Gasteiger partial charge >= 0.3 is 0 Å². The maximum Gasteiger partial charge on any atom is 0.257 e. The molecule has 0 spiro atoms. The molecule has 1 N–H and O–H groups in total. The van der Waals surface area contributed by atoms with Gasteiger partial charge in [0.15, 0.2) is 0 Å². The molecule has 0 radical (unpaired) electrons. The van der Waals surface area contributed by atoms with Crippen LogP contribution in [0.2, 0.25) is 0 Å². The minimum Gasteiger partial charge on any atom is -0.507 e. The average molecular weight is 249 g/mol. The Morgan fingerprint density at radius 1 is 1.44 bits per heavy atom. The number of phenols is 1. The lowest BCUT2D eigenvalue weighted by atomic mass is 10.1. The predicted molar refractivity (Wildman–Crippen MR) is 68.9 cm³/mol. The first-order chi connectivity index (χ1) is 8.52. The fourth-order valence-corrected chi connectivity index (χ4v) is 2.56. The topological polar surface area (TPSA) is 49.8 Å². The summed E-state index contributed by atoms with van der Waals surface area (Å²) in [6, 6.07) is 5.01. The van der Waals surface area contributed by atoms with Crippen LogP contribution >= 0.6 is 0 Å². The van der Waals surface area contributed by atoms with Gasteiger partial charge in [-0.2, -0.15) is 0 Å². The summed E-state index contributed by atoms with van der Waals surface area (Å²) in [7, 11) is 1.53. The molecule has 1 aromatic carbocycles. The Morgan fingerprint density at radius 3 is 2.67 bits per heavy atom. The average Bonchev–Trinajstić information content (AvgIpc) is 2.67. The molecule has 4 heteroatoms. The highest BCUT2D eigenvalue weighted by Crippen LogP contribution is 2.29. The third-order valence-electron chi connectivity index (χ3n) is 3.48. The maximum atomic E-state index is 12.3. The largest absolute Gasteiger partial charge is 0.507 e. The van der Waals surface area contributed by atoms with Gasteiger partial charge in [-0.1, -0.05) is 6.92 Å². The van der Waals surface area contributed by atoms with Crippen LogP contribution in [0.1, 0.15) is 30.6 Å². The fraction of sp³-hybridized carbons (Fsp3) is 0.500. The lowest BCUT2D eigenvalue weighted by Crippen LogP contribution is -2.33. The van der Waals surface area contributed by atoms with Crippen LogP contribution in [0.3, 0.4) is 0 Å². The lowest BCUT2D eigenvalue weighted by Gasteiger charge is -2.22. The lowest BCUT2D eigenvalue weighted by molar-refractivity contribution is 0.0740. The molecular formula is C14H19NO3. The highest BCUT2D eigenvalue weighted by Gasteiger charge is 2.31. The number of hydrogen-bond donors (Lipinski definition) is 1. The Balaban J connectivity index is 2.24. The van der Waals surface area contributed by atoms with E-state index in [0.717, 1.165) is 13.0 Å². The van der Waals surface area contributed by atoms with Crippen molar-refractivity contribution in [1.29, 1.82) is 0 Å². The summed E-state index contributed by atoms with van der Waals surface area (Å²) in [4.78, 5) is 14.2. The van der Waals surface area contributed by atoms with E-state index >= 15 is 0 Å². The molecule has 4 nitrogen and oxygen atoms in total. The summed E-state index contributed by atoms with van der Waals surface area (Å²) in [5, 5.41) is 9.88. The van der Waals surface area contributed by atoms with Crippen molar-refractivity contribution >= 4 is 5.91 Å². The summed E-state index contributed by atoms with van der Waals surface area (Å²) < 4.78 is 5.01. The molecule has 1 amide bonds. The van der Waals surface area contributed by atoms with E-state index in [1.165, 1.54) is 13.2 Å². The summed E-state index contributed by atoms with van der Waals surface area (Å²) in [6.07, 6.45) is 1.02. The number of likely N-dealkylation sites (tertiary alicyclic amines) is 1. The molecule has 0 aliphatic carbocycles. The van der Waals surface area contributed by atoms with Crippen molar-refractivity contribution in [2.45, 2.75) is 26.3 Å². The number of nitrogens with zero attached hydrogens (tertiary/aromatic N) is 1. The van der Waals surface area contributed by atoms with Crippen molar-refractivity contribution < 1.29 is 14.6 Å². The molecule has 1 aliphatic rings. The Kier molecular flexibility index (Phi) is 3.45.